The first kappa shape index (κ1) is 15.5. The zero-order valence-corrected chi connectivity index (χ0v) is 14.3. The second-order valence-electron chi connectivity index (χ2n) is 6.80. The van der Waals surface area contributed by atoms with Crippen LogP contribution in [0.1, 0.15) is 98.7 Å². The summed E-state index contributed by atoms with van der Waals surface area (Å²) in [5.74, 6) is 0.757. The van der Waals surface area contributed by atoms with Crippen LogP contribution in [0, 0.1) is 0 Å². The van der Waals surface area contributed by atoms with E-state index >= 15 is 0 Å². The van der Waals surface area contributed by atoms with Gasteiger partial charge < -0.3 is 5.32 Å². The maximum atomic E-state index is 5.08. The van der Waals surface area contributed by atoms with E-state index < -0.39 is 0 Å². The molecule has 0 spiro atoms. The Morgan fingerprint density at radius 2 is 1.81 bits per heavy atom. The largest absolute Gasteiger partial charge is 0.309 e. The van der Waals surface area contributed by atoms with Crippen LogP contribution in [0.25, 0.3) is 0 Å². The number of aromatic nitrogens is 1. The van der Waals surface area contributed by atoms with Gasteiger partial charge in [-0.05, 0) is 45.1 Å². The van der Waals surface area contributed by atoms with Gasteiger partial charge in [-0.25, -0.2) is 4.98 Å². The molecule has 0 radical (unpaired) electrons. The summed E-state index contributed by atoms with van der Waals surface area (Å²) in [4.78, 5) is 6.66. The van der Waals surface area contributed by atoms with E-state index in [-0.39, 0.29) is 0 Å². The summed E-state index contributed by atoms with van der Waals surface area (Å²) >= 11 is 2.04. The van der Waals surface area contributed by atoms with Gasteiger partial charge in [0.2, 0.25) is 0 Å². The molecule has 1 N–H and O–H groups in total. The van der Waals surface area contributed by atoms with Crippen molar-refractivity contribution in [2.45, 2.75) is 89.5 Å². The van der Waals surface area contributed by atoms with E-state index in [0.717, 1.165) is 12.5 Å². The number of hydrogen-bond acceptors (Lipinski definition) is 3. The minimum Gasteiger partial charge on any atom is -0.309 e. The summed E-state index contributed by atoms with van der Waals surface area (Å²) in [6.45, 7) is 3.39. The van der Waals surface area contributed by atoms with Crippen LogP contribution >= 0.6 is 11.3 Å². The molecular formula is C18H30N2S. The quantitative estimate of drug-likeness (QED) is 0.811. The van der Waals surface area contributed by atoms with Crippen molar-refractivity contribution in [3.8, 4) is 0 Å². The zero-order chi connectivity index (χ0) is 14.5. The van der Waals surface area contributed by atoms with E-state index in [1.165, 1.54) is 81.3 Å². The van der Waals surface area contributed by atoms with Crippen LogP contribution in [0.2, 0.25) is 0 Å². The minimum atomic E-state index is 0.591. The molecule has 1 atom stereocenters. The third-order valence-electron chi connectivity index (χ3n) is 5.06. The molecule has 118 valence electrons. The van der Waals surface area contributed by atoms with Crippen LogP contribution in [0.5, 0.6) is 0 Å². The van der Waals surface area contributed by atoms with Gasteiger partial charge in [-0.1, -0.05) is 39.0 Å². The lowest BCUT2D eigenvalue weighted by atomic mass is 9.91. The third kappa shape index (κ3) is 3.87. The molecule has 3 heteroatoms. The lowest BCUT2D eigenvalue weighted by Crippen LogP contribution is -2.24. The number of hydrogen-bond donors (Lipinski definition) is 1. The van der Waals surface area contributed by atoms with Gasteiger partial charge >= 0.3 is 0 Å². The zero-order valence-electron chi connectivity index (χ0n) is 13.5. The molecule has 0 bridgehead atoms. The average molecular weight is 307 g/mol. The fourth-order valence-electron chi connectivity index (χ4n) is 3.83. The van der Waals surface area contributed by atoms with E-state index in [1.807, 2.05) is 11.3 Å². The lowest BCUT2D eigenvalue weighted by Gasteiger charge is -2.22. The van der Waals surface area contributed by atoms with Crippen molar-refractivity contribution < 1.29 is 0 Å². The van der Waals surface area contributed by atoms with E-state index in [2.05, 4.69) is 12.2 Å². The first-order valence-corrected chi connectivity index (χ1v) is 9.93. The maximum Gasteiger partial charge on any atom is 0.0962 e. The number of aryl methyl sites for hydroxylation is 1. The van der Waals surface area contributed by atoms with Crippen molar-refractivity contribution in [2.24, 2.45) is 0 Å². The minimum absolute atomic E-state index is 0.591. The second-order valence-corrected chi connectivity index (χ2v) is 7.87. The molecule has 2 aliphatic carbocycles. The van der Waals surface area contributed by atoms with E-state index in [9.17, 15) is 0 Å². The Labute approximate surface area is 133 Å². The van der Waals surface area contributed by atoms with Crippen LogP contribution in [-0.2, 0) is 6.42 Å². The van der Waals surface area contributed by atoms with Gasteiger partial charge in [0.25, 0.3) is 0 Å². The molecule has 1 fully saturated rings. The van der Waals surface area contributed by atoms with Crippen molar-refractivity contribution in [3.63, 3.8) is 0 Å². The van der Waals surface area contributed by atoms with Crippen LogP contribution in [-0.4, -0.2) is 11.5 Å². The normalized spacial score (nSPS) is 24.3. The highest BCUT2D eigenvalue weighted by molar-refractivity contribution is 7.12. The van der Waals surface area contributed by atoms with Crippen molar-refractivity contribution >= 4 is 11.3 Å². The molecule has 0 amide bonds. The fourth-order valence-corrected chi connectivity index (χ4v) is 5.22. The number of rotatable bonds is 4. The van der Waals surface area contributed by atoms with Gasteiger partial charge in [-0.3, -0.25) is 0 Å². The second kappa shape index (κ2) is 7.73. The molecule has 2 nitrogen and oxygen atoms in total. The Morgan fingerprint density at radius 1 is 1.05 bits per heavy atom. The summed E-state index contributed by atoms with van der Waals surface area (Å²) in [6, 6.07) is 0.591. The molecule has 2 aliphatic rings. The molecule has 0 aliphatic heterocycles. The van der Waals surface area contributed by atoms with Crippen LogP contribution < -0.4 is 5.32 Å². The Kier molecular flexibility index (Phi) is 5.70. The number of thiazole rings is 1. The van der Waals surface area contributed by atoms with Gasteiger partial charge in [0.1, 0.15) is 0 Å². The molecular weight excluding hydrogens is 276 g/mol. The summed E-state index contributed by atoms with van der Waals surface area (Å²) in [6.07, 6.45) is 14.9. The predicted molar refractivity (Wildman–Crippen MR) is 91.1 cm³/mol. The monoisotopic (exact) mass is 306 g/mol. The lowest BCUT2D eigenvalue weighted by molar-refractivity contribution is 0.451. The van der Waals surface area contributed by atoms with Crippen molar-refractivity contribution in [3.05, 3.63) is 15.6 Å². The number of nitrogens with one attached hydrogen (secondary N) is 1. The molecule has 21 heavy (non-hydrogen) atoms. The molecule has 0 saturated heterocycles. The Balaban J connectivity index is 1.73. The van der Waals surface area contributed by atoms with E-state index in [0.29, 0.717) is 6.04 Å². The highest BCUT2D eigenvalue weighted by atomic mass is 32.1. The third-order valence-corrected chi connectivity index (χ3v) is 6.44. The van der Waals surface area contributed by atoms with Gasteiger partial charge in [-0.2, -0.15) is 0 Å². The molecule has 1 aromatic rings. The predicted octanol–water partition coefficient (Wildman–Crippen LogP) is 5.35. The molecule has 1 saturated carbocycles. The Bertz CT molecular complexity index is 432. The van der Waals surface area contributed by atoms with E-state index in [4.69, 9.17) is 4.98 Å². The molecule has 1 unspecified atom stereocenters. The summed E-state index contributed by atoms with van der Waals surface area (Å²) in [5, 5.41) is 5.20. The highest BCUT2D eigenvalue weighted by Crippen LogP contribution is 2.39. The topological polar surface area (TPSA) is 24.9 Å². The van der Waals surface area contributed by atoms with Crippen molar-refractivity contribution in [1.82, 2.24) is 10.3 Å². The standard InChI is InChI=1S/C18H30N2S/c1-2-13-19-15-11-8-12-16-17(15)21-18(20-16)14-9-6-4-3-5-7-10-14/h14-15,19H,2-13H2,1H3. The van der Waals surface area contributed by atoms with Crippen LogP contribution in [0.15, 0.2) is 0 Å². The Hall–Kier alpha value is -0.410. The average Bonchev–Trinajstić information content (AvgIpc) is 2.89. The number of nitrogens with zero attached hydrogens (tertiary/aromatic N) is 1. The molecule has 3 rings (SSSR count). The fraction of sp³-hybridized carbons (Fsp3) is 0.833. The first-order valence-electron chi connectivity index (χ1n) is 9.11. The summed E-state index contributed by atoms with van der Waals surface area (Å²) < 4.78 is 0. The molecule has 0 aromatic carbocycles. The molecule has 1 aromatic heterocycles. The van der Waals surface area contributed by atoms with Gasteiger partial charge in [0.05, 0.1) is 10.7 Å². The SMILES string of the molecule is CCCNC1CCCc2nc(C3CCCCCCC3)sc21. The van der Waals surface area contributed by atoms with Crippen molar-refractivity contribution in [1.29, 1.82) is 0 Å². The number of fused-ring (bicyclic) bond motifs is 1. The van der Waals surface area contributed by atoms with Crippen molar-refractivity contribution in [2.75, 3.05) is 6.54 Å². The highest BCUT2D eigenvalue weighted by Gasteiger charge is 2.26. The summed E-state index contributed by atoms with van der Waals surface area (Å²) in [7, 11) is 0. The maximum absolute atomic E-state index is 5.08. The van der Waals surface area contributed by atoms with E-state index in [1.54, 1.807) is 4.88 Å². The molecule has 1 heterocycles. The van der Waals surface area contributed by atoms with Gasteiger partial charge in [0, 0.05) is 16.8 Å². The van der Waals surface area contributed by atoms with Crippen LogP contribution in [0.3, 0.4) is 0 Å². The van der Waals surface area contributed by atoms with Gasteiger partial charge in [-0.15, -0.1) is 11.3 Å². The smallest absolute Gasteiger partial charge is 0.0962 e. The van der Waals surface area contributed by atoms with Gasteiger partial charge in [0.15, 0.2) is 0 Å². The summed E-state index contributed by atoms with van der Waals surface area (Å²) in [5.41, 5.74) is 1.43. The Morgan fingerprint density at radius 3 is 2.57 bits per heavy atom. The first-order chi connectivity index (χ1) is 10.4. The van der Waals surface area contributed by atoms with Crippen LogP contribution in [0.4, 0.5) is 0 Å².